The maximum Gasteiger partial charge on any atom is 0.144 e. The smallest absolute Gasteiger partial charge is 0.144 e. The highest BCUT2D eigenvalue weighted by atomic mass is 16.5. The molecule has 0 aliphatic carbocycles. The van der Waals surface area contributed by atoms with Gasteiger partial charge in [-0.2, -0.15) is 0 Å². The molecule has 0 radical (unpaired) electrons. The van der Waals surface area contributed by atoms with Crippen molar-refractivity contribution in [3.05, 3.63) is 18.2 Å². The van der Waals surface area contributed by atoms with E-state index in [1.54, 1.807) is 0 Å². The first-order valence-electron chi connectivity index (χ1n) is 7.89. The lowest BCUT2D eigenvalue weighted by Gasteiger charge is -2.25. The summed E-state index contributed by atoms with van der Waals surface area (Å²) in [7, 11) is 0. The Morgan fingerprint density at radius 2 is 2.10 bits per heavy atom. The Balaban J connectivity index is 2.13. The van der Waals surface area contributed by atoms with Gasteiger partial charge < -0.3 is 15.4 Å². The van der Waals surface area contributed by atoms with Crippen LogP contribution < -0.4 is 15.4 Å². The highest BCUT2D eigenvalue weighted by Crippen LogP contribution is 2.34. The number of hydrogen-bond donors (Lipinski definition) is 1. The van der Waals surface area contributed by atoms with E-state index in [1.807, 2.05) is 19.1 Å². The van der Waals surface area contributed by atoms with E-state index in [-0.39, 0.29) is 0 Å². The second-order valence-electron chi connectivity index (χ2n) is 6.04. The van der Waals surface area contributed by atoms with Crippen LogP contribution in [-0.2, 0) is 0 Å². The molecule has 0 spiro atoms. The summed E-state index contributed by atoms with van der Waals surface area (Å²) in [4.78, 5) is 2.43. The average molecular weight is 276 g/mol. The molecule has 3 heteroatoms. The summed E-state index contributed by atoms with van der Waals surface area (Å²) in [5.41, 5.74) is 8.21. The van der Waals surface area contributed by atoms with E-state index >= 15 is 0 Å². The highest BCUT2D eigenvalue weighted by Gasteiger charge is 2.21. The van der Waals surface area contributed by atoms with E-state index in [0.717, 1.165) is 42.0 Å². The number of rotatable bonds is 4. The summed E-state index contributed by atoms with van der Waals surface area (Å²) in [5, 5.41) is 0. The van der Waals surface area contributed by atoms with Gasteiger partial charge in [-0.05, 0) is 50.2 Å². The number of nitrogens with two attached hydrogens (primary N) is 1. The molecule has 1 aromatic rings. The van der Waals surface area contributed by atoms with E-state index in [2.05, 4.69) is 24.8 Å². The topological polar surface area (TPSA) is 38.5 Å². The predicted molar refractivity (Wildman–Crippen MR) is 86.4 cm³/mol. The van der Waals surface area contributed by atoms with Gasteiger partial charge in [0.15, 0.2) is 0 Å². The molecule has 0 amide bonds. The SMILES string of the molecule is CCOc1cccc(N2CCCC(C(C)C)CC2)c1N. The number of nitrogen functional groups attached to an aromatic ring is 1. The summed E-state index contributed by atoms with van der Waals surface area (Å²) in [5.74, 6) is 2.44. The lowest BCUT2D eigenvalue weighted by atomic mass is 9.89. The van der Waals surface area contributed by atoms with E-state index in [1.165, 1.54) is 19.3 Å². The largest absolute Gasteiger partial charge is 0.492 e. The van der Waals surface area contributed by atoms with Gasteiger partial charge in [0, 0.05) is 13.1 Å². The van der Waals surface area contributed by atoms with Crippen LogP contribution in [-0.4, -0.2) is 19.7 Å². The number of nitrogens with zero attached hydrogens (tertiary/aromatic N) is 1. The molecule has 1 aromatic carbocycles. The van der Waals surface area contributed by atoms with E-state index in [9.17, 15) is 0 Å². The van der Waals surface area contributed by atoms with Gasteiger partial charge in [-0.1, -0.05) is 19.9 Å². The molecule has 0 aromatic heterocycles. The summed E-state index contributed by atoms with van der Waals surface area (Å²) in [6.45, 7) is 9.52. The Hall–Kier alpha value is -1.38. The fourth-order valence-corrected chi connectivity index (χ4v) is 3.12. The Labute approximate surface area is 123 Å². The first kappa shape index (κ1) is 15.0. The monoisotopic (exact) mass is 276 g/mol. The van der Waals surface area contributed by atoms with Gasteiger partial charge in [-0.15, -0.1) is 0 Å². The van der Waals surface area contributed by atoms with Crippen molar-refractivity contribution in [1.82, 2.24) is 0 Å². The molecule has 1 atom stereocenters. The molecule has 0 bridgehead atoms. The molecule has 2 rings (SSSR count). The van der Waals surface area contributed by atoms with Crippen LogP contribution in [0.25, 0.3) is 0 Å². The van der Waals surface area contributed by atoms with Gasteiger partial charge in [-0.25, -0.2) is 0 Å². The maximum atomic E-state index is 6.28. The number of benzene rings is 1. The predicted octanol–water partition coefficient (Wildman–Crippen LogP) is 3.93. The van der Waals surface area contributed by atoms with Gasteiger partial charge >= 0.3 is 0 Å². The Bertz CT molecular complexity index is 431. The zero-order chi connectivity index (χ0) is 14.5. The van der Waals surface area contributed by atoms with Crippen LogP contribution >= 0.6 is 0 Å². The molecule has 20 heavy (non-hydrogen) atoms. The van der Waals surface area contributed by atoms with Crippen molar-refractivity contribution in [3.8, 4) is 5.75 Å². The van der Waals surface area contributed by atoms with Gasteiger partial charge in [0.2, 0.25) is 0 Å². The summed E-state index contributed by atoms with van der Waals surface area (Å²) in [6.07, 6.45) is 3.84. The van der Waals surface area contributed by atoms with Crippen LogP contribution in [0.5, 0.6) is 5.75 Å². The lowest BCUT2D eigenvalue weighted by molar-refractivity contribution is 0.342. The minimum absolute atomic E-state index is 0.656. The van der Waals surface area contributed by atoms with Crippen LogP contribution in [0.15, 0.2) is 18.2 Å². The molecule has 1 saturated heterocycles. The maximum absolute atomic E-state index is 6.28. The first-order chi connectivity index (χ1) is 9.63. The van der Waals surface area contributed by atoms with E-state index in [4.69, 9.17) is 10.5 Å². The molecule has 1 aliphatic heterocycles. The van der Waals surface area contributed by atoms with Crippen molar-refractivity contribution in [2.75, 3.05) is 30.3 Å². The van der Waals surface area contributed by atoms with Crippen LogP contribution in [0.1, 0.15) is 40.0 Å². The van der Waals surface area contributed by atoms with Crippen LogP contribution in [0.3, 0.4) is 0 Å². The molecule has 1 unspecified atom stereocenters. The minimum atomic E-state index is 0.656. The quantitative estimate of drug-likeness (QED) is 0.847. The summed E-state index contributed by atoms with van der Waals surface area (Å²) >= 11 is 0. The van der Waals surface area contributed by atoms with E-state index in [0.29, 0.717) is 6.61 Å². The fourth-order valence-electron chi connectivity index (χ4n) is 3.12. The third-order valence-corrected chi connectivity index (χ3v) is 4.40. The molecule has 0 saturated carbocycles. The molecule has 2 N–H and O–H groups in total. The van der Waals surface area contributed by atoms with Gasteiger partial charge in [0.25, 0.3) is 0 Å². The zero-order valence-corrected chi connectivity index (χ0v) is 13.1. The third kappa shape index (κ3) is 3.38. The number of para-hydroxylation sites is 1. The van der Waals surface area contributed by atoms with Gasteiger partial charge in [0.1, 0.15) is 5.75 Å². The van der Waals surface area contributed by atoms with Crippen LogP contribution in [0.4, 0.5) is 11.4 Å². The molecule has 112 valence electrons. The number of anilines is 2. The van der Waals surface area contributed by atoms with Crippen LogP contribution in [0, 0.1) is 11.8 Å². The second kappa shape index (κ2) is 6.87. The second-order valence-corrected chi connectivity index (χ2v) is 6.04. The summed E-state index contributed by atoms with van der Waals surface area (Å²) in [6, 6.07) is 6.12. The van der Waals surface area contributed by atoms with Crippen molar-refractivity contribution >= 4 is 11.4 Å². The zero-order valence-electron chi connectivity index (χ0n) is 13.1. The Kier molecular flexibility index (Phi) is 5.16. The fraction of sp³-hybridized carbons (Fsp3) is 0.647. The van der Waals surface area contributed by atoms with Crippen molar-refractivity contribution in [3.63, 3.8) is 0 Å². The minimum Gasteiger partial charge on any atom is -0.492 e. The number of ether oxygens (including phenoxy) is 1. The molecule has 1 fully saturated rings. The lowest BCUT2D eigenvalue weighted by Crippen LogP contribution is -2.25. The number of hydrogen-bond acceptors (Lipinski definition) is 3. The molecule has 3 nitrogen and oxygen atoms in total. The highest BCUT2D eigenvalue weighted by molar-refractivity contribution is 5.74. The van der Waals surface area contributed by atoms with Gasteiger partial charge in [-0.3, -0.25) is 0 Å². The van der Waals surface area contributed by atoms with E-state index < -0.39 is 0 Å². The third-order valence-electron chi connectivity index (χ3n) is 4.40. The van der Waals surface area contributed by atoms with Crippen molar-refractivity contribution in [1.29, 1.82) is 0 Å². The van der Waals surface area contributed by atoms with Crippen molar-refractivity contribution in [2.24, 2.45) is 11.8 Å². The summed E-state index contributed by atoms with van der Waals surface area (Å²) < 4.78 is 5.61. The molecular weight excluding hydrogens is 248 g/mol. The first-order valence-corrected chi connectivity index (χ1v) is 7.89. The molecular formula is C17H28N2O. The molecule has 1 aliphatic rings. The van der Waals surface area contributed by atoms with Crippen molar-refractivity contribution < 1.29 is 4.74 Å². The Morgan fingerprint density at radius 3 is 2.80 bits per heavy atom. The normalized spacial score (nSPS) is 20.0. The average Bonchev–Trinajstić information content (AvgIpc) is 2.67. The Morgan fingerprint density at radius 1 is 1.30 bits per heavy atom. The van der Waals surface area contributed by atoms with Crippen LogP contribution in [0.2, 0.25) is 0 Å². The van der Waals surface area contributed by atoms with Crippen molar-refractivity contribution in [2.45, 2.75) is 40.0 Å². The molecule has 1 heterocycles. The van der Waals surface area contributed by atoms with Gasteiger partial charge in [0.05, 0.1) is 18.0 Å². The standard InChI is InChI=1S/C17H28N2O/c1-4-20-16-9-5-8-15(17(16)18)19-11-6-7-14(10-12-19)13(2)3/h5,8-9,13-14H,4,6-7,10-12,18H2,1-3H3.